The number of carbonyl (C=O) groups excluding carboxylic acids is 1. The highest BCUT2D eigenvalue weighted by molar-refractivity contribution is 6.33. The van der Waals surface area contributed by atoms with Crippen LogP contribution in [-0.2, 0) is 4.79 Å². The van der Waals surface area contributed by atoms with Crippen molar-refractivity contribution in [2.75, 3.05) is 37.4 Å². The van der Waals surface area contributed by atoms with Crippen LogP contribution in [0.4, 0.5) is 11.4 Å². The topological polar surface area (TPSA) is 61.6 Å². The average molecular weight is 311 g/mol. The number of fused-ring (bicyclic) bond motifs is 1. The Morgan fingerprint density at radius 2 is 2.10 bits per heavy atom. The first kappa shape index (κ1) is 16.1. The van der Waals surface area contributed by atoms with Crippen LogP contribution in [0.15, 0.2) is 12.1 Å². The largest absolute Gasteiger partial charge is 0.367 e. The molecule has 2 unspecified atom stereocenters. The zero-order chi connectivity index (χ0) is 15.7. The molecule has 5 nitrogen and oxygen atoms in total. The Bertz CT molecular complexity index is 547. The van der Waals surface area contributed by atoms with Crippen molar-refractivity contribution in [2.24, 2.45) is 5.73 Å². The molecular weight excluding hydrogens is 288 g/mol. The van der Waals surface area contributed by atoms with Crippen LogP contribution in [0, 0.1) is 0 Å². The summed E-state index contributed by atoms with van der Waals surface area (Å²) in [6.45, 7) is 6.03. The normalized spacial score (nSPS) is 18.6. The molecule has 1 amide bonds. The minimum atomic E-state index is -0.624. The smallest absolute Gasteiger partial charge is 0.245 e. The number of benzene rings is 1. The molecule has 1 aliphatic heterocycles. The predicted molar refractivity (Wildman–Crippen MR) is 88.0 cm³/mol. The van der Waals surface area contributed by atoms with Gasteiger partial charge in [-0.1, -0.05) is 11.6 Å². The number of hydrogen-bond donors (Lipinski definition) is 2. The van der Waals surface area contributed by atoms with Crippen LogP contribution in [0.3, 0.4) is 0 Å². The number of hydrogen-bond acceptors (Lipinski definition) is 4. The highest BCUT2D eigenvalue weighted by Gasteiger charge is 2.29. The zero-order valence-corrected chi connectivity index (χ0v) is 13.7. The van der Waals surface area contributed by atoms with Crippen LogP contribution < -0.4 is 16.0 Å². The molecule has 21 heavy (non-hydrogen) atoms. The first-order valence-corrected chi connectivity index (χ1v) is 7.54. The minimum Gasteiger partial charge on any atom is -0.367 e. The van der Waals surface area contributed by atoms with Crippen LogP contribution in [-0.4, -0.2) is 44.0 Å². The Morgan fingerprint density at radius 1 is 1.43 bits per heavy atom. The molecule has 0 spiro atoms. The van der Waals surface area contributed by atoms with Gasteiger partial charge in [0.1, 0.15) is 6.04 Å². The van der Waals surface area contributed by atoms with E-state index in [1.165, 1.54) is 0 Å². The number of carbonyl (C=O) groups is 1. The molecule has 0 bridgehead atoms. The van der Waals surface area contributed by atoms with Crippen molar-refractivity contribution in [3.63, 3.8) is 0 Å². The molecule has 0 aromatic heterocycles. The number of anilines is 2. The Morgan fingerprint density at radius 3 is 2.67 bits per heavy atom. The first-order valence-electron chi connectivity index (χ1n) is 7.16. The summed E-state index contributed by atoms with van der Waals surface area (Å²) in [6, 6.07) is 3.42. The van der Waals surface area contributed by atoms with Gasteiger partial charge in [0.05, 0.1) is 10.7 Å². The Kier molecular flexibility index (Phi) is 4.76. The lowest BCUT2D eigenvalue weighted by atomic mass is 10.1. The fourth-order valence-corrected chi connectivity index (χ4v) is 3.14. The summed E-state index contributed by atoms with van der Waals surface area (Å²) >= 11 is 6.43. The maximum Gasteiger partial charge on any atom is 0.245 e. The van der Waals surface area contributed by atoms with Gasteiger partial charge in [-0.2, -0.15) is 0 Å². The van der Waals surface area contributed by atoms with Crippen LogP contribution in [0.1, 0.15) is 25.5 Å². The molecule has 0 saturated carbocycles. The molecule has 1 heterocycles. The van der Waals surface area contributed by atoms with Gasteiger partial charge in [0.25, 0.3) is 0 Å². The molecule has 3 N–H and O–H groups in total. The van der Waals surface area contributed by atoms with Crippen LogP contribution in [0.5, 0.6) is 0 Å². The standard InChI is InChI=1S/C15H23ClN4O/c1-5-20(9(2)8-19(3)4)13-7-12-10(6-11(13)16)14(17)15(21)18-12/h6-7,9,14H,5,8,17H2,1-4H3,(H,18,21). The van der Waals surface area contributed by atoms with E-state index in [2.05, 4.69) is 29.0 Å². The van der Waals surface area contributed by atoms with E-state index < -0.39 is 6.04 Å². The van der Waals surface area contributed by atoms with Crippen molar-refractivity contribution >= 4 is 28.9 Å². The molecule has 1 aromatic rings. The van der Waals surface area contributed by atoms with Crippen molar-refractivity contribution in [3.8, 4) is 0 Å². The highest BCUT2D eigenvalue weighted by atomic mass is 35.5. The molecule has 116 valence electrons. The molecule has 2 rings (SSSR count). The number of amides is 1. The molecule has 6 heteroatoms. The van der Waals surface area contributed by atoms with Gasteiger partial charge in [0.15, 0.2) is 0 Å². The second kappa shape index (κ2) is 6.22. The molecule has 2 atom stereocenters. The van der Waals surface area contributed by atoms with E-state index in [1.54, 1.807) is 6.07 Å². The molecule has 0 aliphatic carbocycles. The van der Waals surface area contributed by atoms with Crippen LogP contribution >= 0.6 is 11.6 Å². The van der Waals surface area contributed by atoms with E-state index in [0.717, 1.165) is 30.0 Å². The van der Waals surface area contributed by atoms with Crippen molar-refractivity contribution in [1.82, 2.24) is 4.90 Å². The number of nitrogens with one attached hydrogen (secondary N) is 1. The Balaban J connectivity index is 2.35. The zero-order valence-electron chi connectivity index (χ0n) is 13.0. The van der Waals surface area contributed by atoms with Gasteiger partial charge in [0.2, 0.25) is 5.91 Å². The monoisotopic (exact) mass is 310 g/mol. The third-order valence-electron chi connectivity index (χ3n) is 3.81. The van der Waals surface area contributed by atoms with Crippen molar-refractivity contribution < 1.29 is 4.79 Å². The second-order valence-electron chi connectivity index (χ2n) is 5.76. The lowest BCUT2D eigenvalue weighted by Gasteiger charge is -2.33. The van der Waals surface area contributed by atoms with Crippen LogP contribution in [0.2, 0.25) is 5.02 Å². The molecule has 0 saturated heterocycles. The summed E-state index contributed by atoms with van der Waals surface area (Å²) in [7, 11) is 4.10. The highest BCUT2D eigenvalue weighted by Crippen LogP contribution is 2.38. The summed E-state index contributed by atoms with van der Waals surface area (Å²) in [5.74, 6) is -0.178. The quantitative estimate of drug-likeness (QED) is 0.874. The molecule has 0 fully saturated rings. The average Bonchev–Trinajstić information content (AvgIpc) is 2.66. The summed E-state index contributed by atoms with van der Waals surface area (Å²) in [4.78, 5) is 16.1. The number of rotatable bonds is 5. The lowest BCUT2D eigenvalue weighted by molar-refractivity contribution is -0.116. The minimum absolute atomic E-state index is 0.178. The van der Waals surface area contributed by atoms with Gasteiger partial charge in [-0.3, -0.25) is 4.79 Å². The van der Waals surface area contributed by atoms with E-state index in [4.69, 9.17) is 17.3 Å². The van der Waals surface area contributed by atoms with Gasteiger partial charge in [0, 0.05) is 30.4 Å². The van der Waals surface area contributed by atoms with Crippen molar-refractivity contribution in [1.29, 1.82) is 0 Å². The third-order valence-corrected chi connectivity index (χ3v) is 4.11. The second-order valence-corrected chi connectivity index (χ2v) is 6.16. The third kappa shape index (κ3) is 3.15. The number of halogens is 1. The molecule has 1 aliphatic rings. The van der Waals surface area contributed by atoms with Gasteiger partial charge in [-0.05, 0) is 40.1 Å². The maximum absolute atomic E-state index is 11.7. The summed E-state index contributed by atoms with van der Waals surface area (Å²) < 4.78 is 0. The van der Waals surface area contributed by atoms with E-state index in [-0.39, 0.29) is 5.91 Å². The molecule has 1 aromatic carbocycles. The van der Waals surface area contributed by atoms with Crippen molar-refractivity contribution in [2.45, 2.75) is 25.9 Å². The number of nitrogens with two attached hydrogens (primary N) is 1. The van der Waals surface area contributed by atoms with Gasteiger partial charge < -0.3 is 20.9 Å². The van der Waals surface area contributed by atoms with E-state index in [1.807, 2.05) is 20.2 Å². The van der Waals surface area contributed by atoms with E-state index >= 15 is 0 Å². The summed E-state index contributed by atoms with van der Waals surface area (Å²) in [6.07, 6.45) is 0. The van der Waals surface area contributed by atoms with Gasteiger partial charge in [-0.15, -0.1) is 0 Å². The van der Waals surface area contributed by atoms with Gasteiger partial charge >= 0.3 is 0 Å². The fourth-order valence-electron chi connectivity index (χ4n) is 2.86. The predicted octanol–water partition coefficient (Wildman–Crippen LogP) is 2.07. The van der Waals surface area contributed by atoms with E-state index in [9.17, 15) is 4.79 Å². The summed E-state index contributed by atoms with van der Waals surface area (Å²) in [5, 5.41) is 3.45. The number of likely N-dealkylation sites (N-methyl/N-ethyl adjacent to an activating group) is 2. The Hall–Kier alpha value is -1.30. The fraction of sp³-hybridized carbons (Fsp3) is 0.533. The maximum atomic E-state index is 11.7. The first-order chi connectivity index (χ1) is 9.85. The van der Waals surface area contributed by atoms with Crippen molar-refractivity contribution in [3.05, 3.63) is 22.7 Å². The SMILES string of the molecule is CCN(c1cc2c(cc1Cl)C(N)C(=O)N2)C(C)CN(C)C. The van der Waals surface area contributed by atoms with Gasteiger partial charge in [-0.25, -0.2) is 0 Å². The molecular formula is C15H23ClN4O. The van der Waals surface area contributed by atoms with E-state index in [0.29, 0.717) is 11.1 Å². The van der Waals surface area contributed by atoms with Crippen LogP contribution in [0.25, 0.3) is 0 Å². The molecule has 0 radical (unpaired) electrons. The number of nitrogens with zero attached hydrogens (tertiary/aromatic N) is 2. The lowest BCUT2D eigenvalue weighted by Crippen LogP contribution is -2.40. The Labute approximate surface area is 131 Å². The summed E-state index contributed by atoms with van der Waals surface area (Å²) in [5.41, 5.74) is 8.32.